The van der Waals surface area contributed by atoms with Gasteiger partial charge in [-0.05, 0) is 62.4 Å². The average molecular weight is 313 g/mol. The van der Waals surface area contributed by atoms with Crippen molar-refractivity contribution in [3.05, 3.63) is 33.8 Å². The minimum Gasteiger partial charge on any atom is -0.314 e. The molecule has 0 amide bonds. The second kappa shape index (κ2) is 6.65. The summed E-state index contributed by atoms with van der Waals surface area (Å²) in [6, 6.07) is 6.80. The van der Waals surface area contributed by atoms with Crippen LogP contribution in [0.25, 0.3) is 0 Å². The van der Waals surface area contributed by atoms with Gasteiger partial charge in [-0.3, -0.25) is 4.90 Å². The van der Waals surface area contributed by atoms with Gasteiger partial charge in [0.15, 0.2) is 0 Å². The molecule has 1 aliphatic carbocycles. The molecular weight excluding hydrogens is 291 g/mol. The van der Waals surface area contributed by atoms with Crippen LogP contribution in [0.5, 0.6) is 0 Å². The summed E-state index contributed by atoms with van der Waals surface area (Å²) < 4.78 is 0. The van der Waals surface area contributed by atoms with E-state index in [1.165, 1.54) is 50.9 Å². The van der Waals surface area contributed by atoms with E-state index in [0.717, 1.165) is 18.5 Å². The largest absolute Gasteiger partial charge is 0.314 e. The molecule has 3 rings (SSSR count). The van der Waals surface area contributed by atoms with Gasteiger partial charge in [0, 0.05) is 19.1 Å². The Kier molecular flexibility index (Phi) is 4.87. The van der Waals surface area contributed by atoms with Crippen LogP contribution in [0.4, 0.5) is 0 Å². The van der Waals surface area contributed by atoms with Crippen molar-refractivity contribution in [2.75, 3.05) is 19.6 Å². The highest BCUT2D eigenvalue weighted by Gasteiger charge is 2.24. The Morgan fingerprint density at radius 2 is 2.00 bits per heavy atom. The summed E-state index contributed by atoms with van der Waals surface area (Å²) in [5, 5.41) is 4.96. The minimum atomic E-state index is 0.639. The summed E-state index contributed by atoms with van der Waals surface area (Å²) >= 11 is 12.1. The fraction of sp³-hybridized carbons (Fsp3) is 0.625. The second-order valence-electron chi connectivity index (χ2n) is 6.17. The number of nitrogens with zero attached hydrogens (tertiary/aromatic N) is 1. The van der Waals surface area contributed by atoms with Crippen LogP contribution in [-0.2, 0) is 6.54 Å². The average Bonchev–Trinajstić information content (AvgIpc) is 3.25. The zero-order valence-corrected chi connectivity index (χ0v) is 13.3. The molecule has 2 nitrogen and oxygen atoms in total. The van der Waals surface area contributed by atoms with Gasteiger partial charge in [0.25, 0.3) is 0 Å². The Balaban J connectivity index is 1.51. The highest BCUT2D eigenvalue weighted by Crippen LogP contribution is 2.25. The predicted molar refractivity (Wildman–Crippen MR) is 85.5 cm³/mol. The van der Waals surface area contributed by atoms with Gasteiger partial charge in [0.2, 0.25) is 0 Å². The molecule has 0 radical (unpaired) electrons. The van der Waals surface area contributed by atoms with Gasteiger partial charge in [0.05, 0.1) is 10.0 Å². The summed E-state index contributed by atoms with van der Waals surface area (Å²) in [4.78, 5) is 2.54. The standard InChI is InChI=1S/C16H22Cl2N2/c17-15-6-3-12(8-16(15)18)10-20-7-1-2-13(11-20)9-19-14-4-5-14/h3,6,8,13-14,19H,1-2,4-5,7,9-11H2. The normalized spacial score (nSPS) is 24.0. The van der Waals surface area contributed by atoms with Crippen LogP contribution in [0, 0.1) is 5.92 Å². The summed E-state index contributed by atoms with van der Waals surface area (Å²) in [7, 11) is 0. The molecule has 2 aliphatic rings. The van der Waals surface area contributed by atoms with Gasteiger partial charge in [-0.2, -0.15) is 0 Å². The molecule has 1 saturated heterocycles. The maximum Gasteiger partial charge on any atom is 0.0595 e. The van der Waals surface area contributed by atoms with Crippen LogP contribution >= 0.6 is 23.2 Å². The zero-order valence-electron chi connectivity index (χ0n) is 11.7. The van der Waals surface area contributed by atoms with E-state index in [0.29, 0.717) is 10.0 Å². The summed E-state index contributed by atoms with van der Waals surface area (Å²) in [5.41, 5.74) is 1.26. The van der Waals surface area contributed by atoms with Crippen LogP contribution in [-0.4, -0.2) is 30.6 Å². The van der Waals surface area contributed by atoms with Crippen molar-refractivity contribution in [1.82, 2.24) is 10.2 Å². The predicted octanol–water partition coefficient (Wildman–Crippen LogP) is 3.96. The molecule has 2 fully saturated rings. The van der Waals surface area contributed by atoms with Gasteiger partial charge in [-0.15, -0.1) is 0 Å². The number of piperidine rings is 1. The molecule has 0 aromatic heterocycles. The smallest absolute Gasteiger partial charge is 0.0595 e. The maximum absolute atomic E-state index is 6.09. The second-order valence-corrected chi connectivity index (χ2v) is 6.99. The van der Waals surface area contributed by atoms with E-state index < -0.39 is 0 Å². The van der Waals surface area contributed by atoms with Crippen LogP contribution in [0.1, 0.15) is 31.2 Å². The lowest BCUT2D eigenvalue weighted by molar-refractivity contribution is 0.165. The molecule has 1 aromatic rings. The highest BCUT2D eigenvalue weighted by molar-refractivity contribution is 6.42. The Hall–Kier alpha value is -0.280. The molecule has 20 heavy (non-hydrogen) atoms. The van der Waals surface area contributed by atoms with Crippen LogP contribution < -0.4 is 5.32 Å². The molecule has 1 atom stereocenters. The molecule has 1 aromatic carbocycles. The quantitative estimate of drug-likeness (QED) is 0.885. The Labute approximate surface area is 131 Å². The number of rotatable bonds is 5. The third-order valence-corrected chi connectivity index (χ3v) is 5.00. The topological polar surface area (TPSA) is 15.3 Å². The fourth-order valence-corrected chi connectivity index (χ4v) is 3.30. The van der Waals surface area contributed by atoms with Crippen molar-refractivity contribution in [2.45, 2.75) is 38.3 Å². The third-order valence-electron chi connectivity index (χ3n) is 4.27. The number of hydrogen-bond acceptors (Lipinski definition) is 2. The number of halogens is 2. The molecular formula is C16H22Cl2N2. The van der Waals surface area contributed by atoms with Gasteiger partial charge >= 0.3 is 0 Å². The van der Waals surface area contributed by atoms with Gasteiger partial charge in [-0.25, -0.2) is 0 Å². The molecule has 0 spiro atoms. The summed E-state index contributed by atoms with van der Waals surface area (Å²) in [6.07, 6.45) is 5.41. The number of hydrogen-bond donors (Lipinski definition) is 1. The van der Waals surface area contributed by atoms with E-state index in [1.54, 1.807) is 0 Å². The first-order chi connectivity index (χ1) is 9.70. The number of nitrogens with one attached hydrogen (secondary N) is 1. The molecule has 1 saturated carbocycles. The lowest BCUT2D eigenvalue weighted by Gasteiger charge is -2.33. The number of likely N-dealkylation sites (tertiary alicyclic amines) is 1. The van der Waals surface area contributed by atoms with Crippen LogP contribution in [0.2, 0.25) is 10.0 Å². The van der Waals surface area contributed by atoms with E-state index in [1.807, 2.05) is 12.1 Å². The van der Waals surface area contributed by atoms with E-state index in [-0.39, 0.29) is 0 Å². The van der Waals surface area contributed by atoms with Crippen molar-refractivity contribution in [2.24, 2.45) is 5.92 Å². The van der Waals surface area contributed by atoms with Gasteiger partial charge in [-0.1, -0.05) is 29.3 Å². The first-order valence-electron chi connectivity index (χ1n) is 7.60. The molecule has 1 unspecified atom stereocenters. The maximum atomic E-state index is 6.09. The fourth-order valence-electron chi connectivity index (χ4n) is 2.98. The summed E-state index contributed by atoms with van der Waals surface area (Å²) in [5.74, 6) is 0.798. The van der Waals surface area contributed by atoms with Crippen molar-refractivity contribution in [3.8, 4) is 0 Å². The first-order valence-corrected chi connectivity index (χ1v) is 8.36. The zero-order chi connectivity index (χ0) is 13.9. The van der Waals surface area contributed by atoms with Crippen molar-refractivity contribution in [3.63, 3.8) is 0 Å². The van der Waals surface area contributed by atoms with Crippen molar-refractivity contribution < 1.29 is 0 Å². The SMILES string of the molecule is Clc1ccc(CN2CCCC(CNC3CC3)C2)cc1Cl. The van der Waals surface area contributed by atoms with Gasteiger partial charge < -0.3 is 5.32 Å². The molecule has 110 valence electrons. The summed E-state index contributed by atoms with van der Waals surface area (Å²) in [6.45, 7) is 4.56. The van der Waals surface area contributed by atoms with Gasteiger partial charge in [0.1, 0.15) is 0 Å². The van der Waals surface area contributed by atoms with Crippen molar-refractivity contribution in [1.29, 1.82) is 0 Å². The third kappa shape index (κ3) is 4.11. The molecule has 4 heteroatoms. The van der Waals surface area contributed by atoms with Crippen molar-refractivity contribution >= 4 is 23.2 Å². The van der Waals surface area contributed by atoms with E-state index in [2.05, 4.69) is 16.3 Å². The monoisotopic (exact) mass is 312 g/mol. The Bertz CT molecular complexity index is 460. The van der Waals surface area contributed by atoms with E-state index >= 15 is 0 Å². The lowest BCUT2D eigenvalue weighted by Crippen LogP contribution is -2.39. The Morgan fingerprint density at radius 3 is 2.75 bits per heavy atom. The van der Waals surface area contributed by atoms with Crippen LogP contribution in [0.3, 0.4) is 0 Å². The lowest BCUT2D eigenvalue weighted by atomic mass is 9.97. The molecule has 1 heterocycles. The van der Waals surface area contributed by atoms with Crippen LogP contribution in [0.15, 0.2) is 18.2 Å². The Morgan fingerprint density at radius 1 is 1.15 bits per heavy atom. The first kappa shape index (κ1) is 14.6. The van der Waals surface area contributed by atoms with E-state index in [9.17, 15) is 0 Å². The molecule has 0 bridgehead atoms. The number of benzene rings is 1. The minimum absolute atomic E-state index is 0.639. The van der Waals surface area contributed by atoms with E-state index in [4.69, 9.17) is 23.2 Å². The highest BCUT2D eigenvalue weighted by atomic mass is 35.5. The molecule has 1 aliphatic heterocycles. The molecule has 1 N–H and O–H groups in total.